The third kappa shape index (κ3) is 3.20. The molecule has 1 saturated heterocycles. The lowest BCUT2D eigenvalue weighted by Gasteiger charge is -2.41. The predicted molar refractivity (Wildman–Crippen MR) is 96.1 cm³/mol. The van der Waals surface area contributed by atoms with Gasteiger partial charge in [0.25, 0.3) is 0 Å². The number of hydrogen-bond donors (Lipinski definition) is 1. The second-order valence-electron chi connectivity index (χ2n) is 7.66. The summed E-state index contributed by atoms with van der Waals surface area (Å²) in [6.45, 7) is 3.60. The second-order valence-corrected chi connectivity index (χ2v) is 7.66. The van der Waals surface area contributed by atoms with Crippen LogP contribution in [0.25, 0.3) is 0 Å². The molecule has 1 aromatic heterocycles. The maximum absolute atomic E-state index is 12.7. The van der Waals surface area contributed by atoms with E-state index in [2.05, 4.69) is 44.3 Å². The van der Waals surface area contributed by atoms with Crippen LogP contribution in [0.2, 0.25) is 0 Å². The smallest absolute Gasteiger partial charge is 0.222 e. The number of benzene rings is 1. The Bertz CT molecular complexity index is 735. The average molecular weight is 338 g/mol. The summed E-state index contributed by atoms with van der Waals surface area (Å²) in [6.07, 6.45) is 6.16. The minimum atomic E-state index is 0.226. The first kappa shape index (κ1) is 16.3. The quantitative estimate of drug-likeness (QED) is 0.910. The van der Waals surface area contributed by atoms with Crippen molar-refractivity contribution in [2.75, 3.05) is 13.1 Å². The lowest BCUT2D eigenvalue weighted by molar-refractivity contribution is -0.130. The third-order valence-corrected chi connectivity index (χ3v) is 5.98. The lowest BCUT2D eigenvalue weighted by atomic mass is 9.62. The maximum Gasteiger partial charge on any atom is 0.222 e. The van der Waals surface area contributed by atoms with Crippen molar-refractivity contribution in [3.63, 3.8) is 0 Å². The van der Waals surface area contributed by atoms with E-state index in [1.165, 1.54) is 24.8 Å². The number of carbonyl (C=O) groups excluding carboxylic acids is 1. The fourth-order valence-electron chi connectivity index (χ4n) is 4.41. The zero-order valence-electron chi connectivity index (χ0n) is 14.9. The van der Waals surface area contributed by atoms with E-state index in [1.54, 1.807) is 0 Å². The van der Waals surface area contributed by atoms with Crippen LogP contribution in [0.4, 0.5) is 0 Å². The number of aromatic nitrogens is 3. The van der Waals surface area contributed by atoms with E-state index < -0.39 is 0 Å². The zero-order chi connectivity index (χ0) is 17.3. The van der Waals surface area contributed by atoms with Crippen molar-refractivity contribution in [3.05, 3.63) is 47.5 Å². The highest BCUT2D eigenvalue weighted by Crippen LogP contribution is 2.55. The second kappa shape index (κ2) is 6.62. The number of carbonyl (C=O) groups is 1. The lowest BCUT2D eigenvalue weighted by Crippen LogP contribution is -2.38. The minimum Gasteiger partial charge on any atom is -0.341 e. The highest BCUT2D eigenvalue weighted by atomic mass is 16.2. The number of rotatable bonds is 5. The predicted octanol–water partition coefficient (Wildman–Crippen LogP) is 3.23. The molecule has 1 aliphatic heterocycles. The molecule has 2 aromatic rings. The van der Waals surface area contributed by atoms with Crippen LogP contribution in [-0.2, 0) is 11.2 Å². The number of amides is 1. The summed E-state index contributed by atoms with van der Waals surface area (Å²) in [5, 5.41) is 7.36. The molecule has 1 spiro atoms. The topological polar surface area (TPSA) is 61.9 Å². The van der Waals surface area contributed by atoms with Gasteiger partial charge in [0.1, 0.15) is 5.82 Å². The molecular formula is C20H26N4O. The Hall–Kier alpha value is -2.17. The molecule has 5 heteroatoms. The van der Waals surface area contributed by atoms with Crippen molar-refractivity contribution in [3.8, 4) is 0 Å². The average Bonchev–Trinajstić information content (AvgIpc) is 3.19. The first-order valence-corrected chi connectivity index (χ1v) is 9.37. The van der Waals surface area contributed by atoms with Crippen LogP contribution in [0.1, 0.15) is 55.2 Å². The van der Waals surface area contributed by atoms with Gasteiger partial charge < -0.3 is 4.90 Å². The third-order valence-electron chi connectivity index (χ3n) is 5.98. The largest absolute Gasteiger partial charge is 0.341 e. The highest BCUT2D eigenvalue weighted by Gasteiger charge is 2.53. The van der Waals surface area contributed by atoms with Crippen LogP contribution in [0.3, 0.4) is 0 Å². The number of H-pyrrole nitrogens is 1. The number of nitrogens with one attached hydrogen (secondary N) is 1. The van der Waals surface area contributed by atoms with E-state index in [9.17, 15) is 4.79 Å². The summed E-state index contributed by atoms with van der Waals surface area (Å²) in [6, 6.07) is 10.4. The normalized spacial score (nSPS) is 21.5. The Morgan fingerprint density at radius 2 is 2.12 bits per heavy atom. The van der Waals surface area contributed by atoms with E-state index in [0.29, 0.717) is 12.3 Å². The number of aromatic amines is 1. The molecule has 25 heavy (non-hydrogen) atoms. The maximum atomic E-state index is 12.7. The summed E-state index contributed by atoms with van der Waals surface area (Å²) in [7, 11) is 0. The van der Waals surface area contributed by atoms with Gasteiger partial charge in [-0.05, 0) is 43.6 Å². The molecule has 2 fully saturated rings. The van der Waals surface area contributed by atoms with Crippen molar-refractivity contribution in [2.45, 2.75) is 51.4 Å². The molecule has 1 N–H and O–H groups in total. The van der Waals surface area contributed by atoms with E-state index in [0.717, 1.165) is 37.6 Å². The molecule has 0 bridgehead atoms. The zero-order valence-corrected chi connectivity index (χ0v) is 14.9. The van der Waals surface area contributed by atoms with Crippen molar-refractivity contribution in [1.82, 2.24) is 20.1 Å². The van der Waals surface area contributed by atoms with Crippen molar-refractivity contribution >= 4 is 5.91 Å². The highest BCUT2D eigenvalue weighted by molar-refractivity contribution is 5.76. The van der Waals surface area contributed by atoms with Gasteiger partial charge in [0.05, 0.1) is 0 Å². The van der Waals surface area contributed by atoms with Gasteiger partial charge in [-0.2, -0.15) is 5.10 Å². The van der Waals surface area contributed by atoms with Gasteiger partial charge >= 0.3 is 0 Å². The molecule has 1 atom stereocenters. The van der Waals surface area contributed by atoms with Crippen LogP contribution in [0.5, 0.6) is 0 Å². The Morgan fingerprint density at radius 3 is 2.76 bits per heavy atom. The van der Waals surface area contributed by atoms with Gasteiger partial charge in [0, 0.05) is 25.4 Å². The first-order chi connectivity index (χ1) is 12.2. The molecule has 1 aromatic carbocycles. The Morgan fingerprint density at radius 1 is 1.32 bits per heavy atom. The number of hydrogen-bond acceptors (Lipinski definition) is 3. The number of aryl methyl sites for hydroxylation is 2. The standard InChI is InChI=1S/C20H26N4O/c1-15-21-19(23-22-15)17-13-24(14-20(17)11-6-12-20)18(25)10-5-9-16-7-3-2-4-8-16/h2-4,7-8,17H,5-6,9-14H2,1H3,(H,21,22,23). The van der Waals surface area contributed by atoms with Gasteiger partial charge in [-0.25, -0.2) is 4.98 Å². The molecule has 1 amide bonds. The van der Waals surface area contributed by atoms with Gasteiger partial charge in [0.2, 0.25) is 5.91 Å². The van der Waals surface area contributed by atoms with Crippen LogP contribution >= 0.6 is 0 Å². The van der Waals surface area contributed by atoms with Gasteiger partial charge in [-0.1, -0.05) is 36.8 Å². The van der Waals surface area contributed by atoms with Crippen LogP contribution in [0.15, 0.2) is 30.3 Å². The van der Waals surface area contributed by atoms with Crippen molar-refractivity contribution < 1.29 is 4.79 Å². The van der Waals surface area contributed by atoms with E-state index in [1.807, 2.05) is 13.0 Å². The Labute approximate surface area is 148 Å². The summed E-state index contributed by atoms with van der Waals surface area (Å²) < 4.78 is 0. The van der Waals surface area contributed by atoms with E-state index in [-0.39, 0.29) is 11.3 Å². The minimum absolute atomic E-state index is 0.226. The fraction of sp³-hybridized carbons (Fsp3) is 0.550. The summed E-state index contributed by atoms with van der Waals surface area (Å²) >= 11 is 0. The van der Waals surface area contributed by atoms with Crippen LogP contribution in [0, 0.1) is 12.3 Å². The Balaban J connectivity index is 1.37. The SMILES string of the molecule is Cc1nc(C2CN(C(=O)CCCc3ccccc3)CC23CCC3)n[nH]1. The van der Waals surface area contributed by atoms with Crippen molar-refractivity contribution in [1.29, 1.82) is 0 Å². The molecule has 4 rings (SSSR count). The molecular weight excluding hydrogens is 312 g/mol. The van der Waals surface area contributed by atoms with Gasteiger partial charge in [-0.15, -0.1) is 0 Å². The summed E-state index contributed by atoms with van der Waals surface area (Å²) in [5.74, 6) is 2.34. The number of nitrogens with zero attached hydrogens (tertiary/aromatic N) is 3. The molecule has 132 valence electrons. The molecule has 1 saturated carbocycles. The van der Waals surface area contributed by atoms with Gasteiger partial charge in [0.15, 0.2) is 5.82 Å². The van der Waals surface area contributed by atoms with Crippen LogP contribution in [-0.4, -0.2) is 39.1 Å². The first-order valence-electron chi connectivity index (χ1n) is 9.37. The molecule has 2 heterocycles. The monoisotopic (exact) mass is 338 g/mol. The fourth-order valence-corrected chi connectivity index (χ4v) is 4.41. The van der Waals surface area contributed by atoms with E-state index in [4.69, 9.17) is 0 Å². The molecule has 1 aliphatic carbocycles. The van der Waals surface area contributed by atoms with Crippen molar-refractivity contribution in [2.24, 2.45) is 5.41 Å². The van der Waals surface area contributed by atoms with Crippen LogP contribution < -0.4 is 0 Å². The van der Waals surface area contributed by atoms with Gasteiger partial charge in [-0.3, -0.25) is 9.89 Å². The Kier molecular flexibility index (Phi) is 4.32. The molecule has 0 radical (unpaired) electrons. The summed E-state index contributed by atoms with van der Waals surface area (Å²) in [4.78, 5) is 19.4. The van der Waals surface area contributed by atoms with E-state index >= 15 is 0 Å². The molecule has 5 nitrogen and oxygen atoms in total. The number of likely N-dealkylation sites (tertiary alicyclic amines) is 1. The molecule has 2 aliphatic rings. The molecule has 1 unspecified atom stereocenters. The summed E-state index contributed by atoms with van der Waals surface area (Å²) in [5.41, 5.74) is 1.53.